The first-order chi connectivity index (χ1) is 12.7. The van der Waals surface area contributed by atoms with E-state index in [2.05, 4.69) is 5.10 Å². The molecule has 3 rings (SSSR count). The number of hydrogen-bond acceptors (Lipinski definition) is 5. The molecule has 1 aliphatic heterocycles. The summed E-state index contributed by atoms with van der Waals surface area (Å²) in [5, 5.41) is 4.61. The molecule has 0 aliphatic carbocycles. The average Bonchev–Trinajstić information content (AvgIpc) is 3.11. The molecule has 1 saturated heterocycles. The summed E-state index contributed by atoms with van der Waals surface area (Å²) in [6.45, 7) is 1.75. The average molecular weight is 413 g/mol. The number of carbonyl (C=O) groups is 1. The van der Waals surface area contributed by atoms with Crippen LogP contribution in [0.5, 0.6) is 0 Å². The maximum absolute atomic E-state index is 12.9. The number of hydrogen-bond donors (Lipinski definition) is 0. The lowest BCUT2D eigenvalue weighted by Gasteiger charge is -2.09. The van der Waals surface area contributed by atoms with Gasteiger partial charge >= 0.3 is 5.97 Å². The van der Waals surface area contributed by atoms with Gasteiger partial charge in [0.2, 0.25) is 0 Å². The lowest BCUT2D eigenvalue weighted by atomic mass is 10.2. The fourth-order valence-corrected chi connectivity index (χ4v) is 4.93. The molecule has 1 aromatic heterocycles. The quantitative estimate of drug-likeness (QED) is 0.557. The molecule has 0 bridgehead atoms. The van der Waals surface area contributed by atoms with Gasteiger partial charge in [0.25, 0.3) is 0 Å². The molecule has 144 valence electrons. The zero-order valence-corrected chi connectivity index (χ0v) is 16.1. The standard InChI is InChI=1S/C18H18ClFN2O4S/c1-12-16(18(19)22(21-12)15-8-9-27(24,25)11-15)6-7-17(23)26-10-13-2-4-14(20)5-3-13/h2-7,15H,8-11H2,1H3/b7-6+/t15-/m0/s1. The molecule has 0 amide bonds. The van der Waals surface area contributed by atoms with E-state index in [0.717, 1.165) is 0 Å². The van der Waals surface area contributed by atoms with Crippen molar-refractivity contribution in [2.75, 3.05) is 11.5 Å². The minimum absolute atomic E-state index is 0.0106. The van der Waals surface area contributed by atoms with Gasteiger partial charge in [0, 0.05) is 11.6 Å². The largest absolute Gasteiger partial charge is 0.458 e. The van der Waals surface area contributed by atoms with Crippen LogP contribution >= 0.6 is 11.6 Å². The van der Waals surface area contributed by atoms with Crippen LogP contribution < -0.4 is 0 Å². The molecule has 0 saturated carbocycles. The first kappa shape index (κ1) is 19.6. The highest BCUT2D eigenvalue weighted by atomic mass is 35.5. The van der Waals surface area contributed by atoms with Gasteiger partial charge in [0.15, 0.2) is 9.84 Å². The molecule has 0 spiro atoms. The highest BCUT2D eigenvalue weighted by Crippen LogP contribution is 2.30. The minimum atomic E-state index is -3.06. The number of aromatic nitrogens is 2. The molecule has 27 heavy (non-hydrogen) atoms. The fourth-order valence-electron chi connectivity index (χ4n) is 2.87. The van der Waals surface area contributed by atoms with E-state index in [4.69, 9.17) is 16.3 Å². The molecule has 0 N–H and O–H groups in total. The third-order valence-electron chi connectivity index (χ3n) is 4.31. The van der Waals surface area contributed by atoms with E-state index in [1.807, 2.05) is 0 Å². The summed E-state index contributed by atoms with van der Waals surface area (Å²) in [7, 11) is -3.06. The van der Waals surface area contributed by atoms with Crippen LogP contribution in [0.15, 0.2) is 30.3 Å². The molecule has 2 aromatic rings. The lowest BCUT2D eigenvalue weighted by molar-refractivity contribution is -0.138. The van der Waals surface area contributed by atoms with E-state index < -0.39 is 15.8 Å². The van der Waals surface area contributed by atoms with Crippen LogP contribution in [0.4, 0.5) is 4.39 Å². The van der Waals surface area contributed by atoms with Crippen molar-refractivity contribution in [1.29, 1.82) is 0 Å². The third-order valence-corrected chi connectivity index (χ3v) is 6.43. The molecule has 0 unspecified atom stereocenters. The third kappa shape index (κ3) is 4.75. The Hall–Kier alpha value is -2.19. The summed E-state index contributed by atoms with van der Waals surface area (Å²) in [4.78, 5) is 11.9. The summed E-state index contributed by atoms with van der Waals surface area (Å²) in [6, 6.07) is 5.35. The van der Waals surface area contributed by atoms with Crippen LogP contribution in [0, 0.1) is 12.7 Å². The maximum Gasteiger partial charge on any atom is 0.331 e. The first-order valence-corrected chi connectivity index (χ1v) is 10.5. The molecule has 1 aromatic carbocycles. The Kier molecular flexibility index (Phi) is 5.67. The fraction of sp³-hybridized carbons (Fsp3) is 0.333. The number of halogens is 2. The topological polar surface area (TPSA) is 78.3 Å². The first-order valence-electron chi connectivity index (χ1n) is 8.29. The van der Waals surface area contributed by atoms with Gasteiger partial charge in [-0.1, -0.05) is 23.7 Å². The minimum Gasteiger partial charge on any atom is -0.458 e. The Bertz CT molecular complexity index is 984. The van der Waals surface area contributed by atoms with Crippen molar-refractivity contribution >= 4 is 33.5 Å². The molecule has 1 atom stereocenters. The molecule has 2 heterocycles. The van der Waals surface area contributed by atoms with Crippen LogP contribution in [0.2, 0.25) is 5.15 Å². The summed E-state index contributed by atoms with van der Waals surface area (Å²) >= 11 is 6.34. The van der Waals surface area contributed by atoms with Gasteiger partial charge in [-0.25, -0.2) is 22.3 Å². The highest BCUT2D eigenvalue weighted by molar-refractivity contribution is 7.91. The number of aryl methyl sites for hydroxylation is 1. The van der Waals surface area contributed by atoms with Gasteiger partial charge in [-0.15, -0.1) is 0 Å². The van der Waals surface area contributed by atoms with Gasteiger partial charge in [-0.05, 0) is 37.1 Å². The maximum atomic E-state index is 12.9. The number of nitrogens with zero attached hydrogens (tertiary/aromatic N) is 2. The van der Waals surface area contributed by atoms with Crippen molar-refractivity contribution in [3.05, 3.63) is 58.1 Å². The second kappa shape index (κ2) is 7.82. The molecule has 0 radical (unpaired) electrons. The van der Waals surface area contributed by atoms with Crippen LogP contribution in [-0.4, -0.2) is 35.7 Å². The van der Waals surface area contributed by atoms with E-state index in [1.165, 1.54) is 41.1 Å². The number of rotatable bonds is 5. The lowest BCUT2D eigenvalue weighted by Crippen LogP contribution is -2.12. The predicted octanol–water partition coefficient (Wildman–Crippen LogP) is 3.10. The van der Waals surface area contributed by atoms with Crippen LogP contribution in [0.1, 0.15) is 29.3 Å². The Labute approximate surface area is 161 Å². The Morgan fingerprint density at radius 1 is 1.41 bits per heavy atom. The number of sulfone groups is 1. The van der Waals surface area contributed by atoms with Crippen molar-refractivity contribution in [3.8, 4) is 0 Å². The van der Waals surface area contributed by atoms with Gasteiger partial charge in [0.1, 0.15) is 17.6 Å². The van der Waals surface area contributed by atoms with E-state index in [0.29, 0.717) is 23.2 Å². The SMILES string of the molecule is Cc1nn([C@H]2CCS(=O)(=O)C2)c(Cl)c1/C=C/C(=O)OCc1ccc(F)cc1. The van der Waals surface area contributed by atoms with Crippen LogP contribution in [0.25, 0.3) is 6.08 Å². The molecular weight excluding hydrogens is 395 g/mol. The normalized spacial score (nSPS) is 18.9. The Morgan fingerprint density at radius 3 is 2.74 bits per heavy atom. The second-order valence-corrected chi connectivity index (χ2v) is 8.95. The summed E-state index contributed by atoms with van der Waals surface area (Å²) in [5.41, 5.74) is 1.80. The summed E-state index contributed by atoms with van der Waals surface area (Å²) in [6.07, 6.45) is 3.19. The van der Waals surface area contributed by atoms with Crippen molar-refractivity contribution in [1.82, 2.24) is 9.78 Å². The molecule has 9 heteroatoms. The van der Waals surface area contributed by atoms with E-state index >= 15 is 0 Å². The Balaban J connectivity index is 1.66. The second-order valence-electron chi connectivity index (χ2n) is 6.36. The molecule has 1 fully saturated rings. The van der Waals surface area contributed by atoms with Crippen molar-refractivity contribution in [3.63, 3.8) is 0 Å². The van der Waals surface area contributed by atoms with Crippen LogP contribution in [-0.2, 0) is 26.0 Å². The van der Waals surface area contributed by atoms with Crippen molar-refractivity contribution in [2.45, 2.75) is 26.0 Å². The summed E-state index contributed by atoms with van der Waals surface area (Å²) in [5.74, 6) is -0.807. The highest BCUT2D eigenvalue weighted by Gasteiger charge is 2.31. The molecular formula is C18H18ClFN2O4S. The number of esters is 1. The summed E-state index contributed by atoms with van der Waals surface area (Å²) < 4.78 is 42.8. The zero-order chi connectivity index (χ0) is 19.6. The smallest absolute Gasteiger partial charge is 0.331 e. The van der Waals surface area contributed by atoms with Gasteiger partial charge < -0.3 is 4.74 Å². The number of ether oxygens (including phenoxy) is 1. The van der Waals surface area contributed by atoms with Gasteiger partial charge in [-0.2, -0.15) is 5.10 Å². The molecule has 6 nitrogen and oxygen atoms in total. The van der Waals surface area contributed by atoms with E-state index in [1.54, 1.807) is 6.92 Å². The number of carbonyl (C=O) groups excluding carboxylic acids is 1. The predicted molar refractivity (Wildman–Crippen MR) is 99.5 cm³/mol. The number of benzene rings is 1. The van der Waals surface area contributed by atoms with Crippen molar-refractivity contribution < 1.29 is 22.3 Å². The van der Waals surface area contributed by atoms with E-state index in [9.17, 15) is 17.6 Å². The van der Waals surface area contributed by atoms with Crippen LogP contribution in [0.3, 0.4) is 0 Å². The van der Waals surface area contributed by atoms with E-state index in [-0.39, 0.29) is 35.1 Å². The Morgan fingerprint density at radius 2 is 2.11 bits per heavy atom. The zero-order valence-electron chi connectivity index (χ0n) is 14.6. The van der Waals surface area contributed by atoms with Gasteiger partial charge in [0.05, 0.1) is 23.2 Å². The monoisotopic (exact) mass is 412 g/mol. The molecule has 1 aliphatic rings. The van der Waals surface area contributed by atoms with Crippen molar-refractivity contribution in [2.24, 2.45) is 0 Å². The van der Waals surface area contributed by atoms with Gasteiger partial charge in [-0.3, -0.25) is 0 Å².